The van der Waals surface area contributed by atoms with Crippen LogP contribution >= 0.6 is 0 Å². The summed E-state index contributed by atoms with van der Waals surface area (Å²) < 4.78 is 51.6. The Morgan fingerprint density at radius 3 is 2.71 bits per heavy atom. The number of fused-ring (bicyclic) bond motifs is 3. The third-order valence-corrected chi connectivity index (χ3v) is 4.32. The normalized spacial score (nSPS) is 16.0. The highest BCUT2D eigenvalue weighted by molar-refractivity contribution is 6.19. The molecule has 3 N–H and O–H groups in total. The fourth-order valence-corrected chi connectivity index (χ4v) is 3.01. The zero-order valence-corrected chi connectivity index (χ0v) is 14.2. The molecule has 0 radical (unpaired) electrons. The number of H-pyrrole nitrogens is 1. The number of aromatic nitrogens is 2. The van der Waals surface area contributed by atoms with Gasteiger partial charge in [-0.25, -0.2) is 9.37 Å². The lowest BCUT2D eigenvalue weighted by molar-refractivity contribution is -0.137. The number of anilines is 1. The van der Waals surface area contributed by atoms with E-state index in [-0.39, 0.29) is 17.4 Å². The first-order valence-corrected chi connectivity index (χ1v) is 8.28. The summed E-state index contributed by atoms with van der Waals surface area (Å²) in [5.41, 5.74) is 3.46. The molecule has 10 heteroatoms. The molecule has 1 aromatic carbocycles. The molecule has 0 bridgehead atoms. The van der Waals surface area contributed by atoms with Gasteiger partial charge in [0.25, 0.3) is 5.91 Å². The van der Waals surface area contributed by atoms with Gasteiger partial charge in [-0.3, -0.25) is 10.2 Å². The van der Waals surface area contributed by atoms with Gasteiger partial charge in [0.05, 0.1) is 11.3 Å². The van der Waals surface area contributed by atoms with Gasteiger partial charge in [0.15, 0.2) is 0 Å². The lowest BCUT2D eigenvalue weighted by Gasteiger charge is -2.08. The number of rotatable bonds is 2. The van der Waals surface area contributed by atoms with E-state index in [2.05, 4.69) is 25.8 Å². The first-order chi connectivity index (χ1) is 13.3. The topological polar surface area (TPSA) is 82.2 Å². The smallest absolute Gasteiger partial charge is 0.350 e. The minimum Gasteiger partial charge on any atom is -0.350 e. The number of aromatic amines is 1. The molecule has 28 heavy (non-hydrogen) atoms. The highest BCUT2D eigenvalue weighted by atomic mass is 19.4. The van der Waals surface area contributed by atoms with Gasteiger partial charge < -0.3 is 10.3 Å². The second-order valence-electron chi connectivity index (χ2n) is 6.17. The van der Waals surface area contributed by atoms with Crippen molar-refractivity contribution >= 4 is 28.3 Å². The summed E-state index contributed by atoms with van der Waals surface area (Å²) in [4.78, 5) is 18.9. The Hall–Kier alpha value is -3.43. The lowest BCUT2D eigenvalue weighted by atomic mass is 10.0. The monoisotopic (exact) mass is 391 g/mol. The van der Waals surface area contributed by atoms with Crippen LogP contribution in [0.15, 0.2) is 41.6 Å². The van der Waals surface area contributed by atoms with Crippen molar-refractivity contribution in [2.45, 2.75) is 12.6 Å². The molecule has 2 aromatic heterocycles. The number of nitrogens with one attached hydrogen (secondary N) is 3. The summed E-state index contributed by atoms with van der Waals surface area (Å²) in [6.45, 7) is 0.305. The second kappa shape index (κ2) is 6.63. The minimum atomic E-state index is -4.48. The highest BCUT2D eigenvalue weighted by Crippen LogP contribution is 2.29. The molecular formula is C18H13F4N5O. The molecule has 0 aliphatic carbocycles. The number of carbonyl (C=O) groups excluding carboxylic acids is 1. The predicted molar refractivity (Wildman–Crippen MR) is 94.6 cm³/mol. The molecule has 1 amide bonds. The SMILES string of the molecule is O=C1NCC/C(=N/Nc2ccc(C(F)(F)F)cn2)c2c1[nH]c1ccc(F)cc21. The summed E-state index contributed by atoms with van der Waals surface area (Å²) in [5.74, 6) is -0.697. The van der Waals surface area contributed by atoms with Gasteiger partial charge in [0.2, 0.25) is 0 Å². The van der Waals surface area contributed by atoms with Crippen LogP contribution in [-0.2, 0) is 6.18 Å². The number of hydrazone groups is 1. The van der Waals surface area contributed by atoms with Crippen LogP contribution in [0.1, 0.15) is 28.0 Å². The third-order valence-electron chi connectivity index (χ3n) is 4.32. The Balaban J connectivity index is 1.72. The van der Waals surface area contributed by atoms with Gasteiger partial charge >= 0.3 is 6.18 Å². The molecule has 1 aliphatic heterocycles. The number of benzene rings is 1. The van der Waals surface area contributed by atoms with Crippen LogP contribution in [-0.4, -0.2) is 28.1 Å². The van der Waals surface area contributed by atoms with Gasteiger partial charge in [0, 0.05) is 35.6 Å². The first-order valence-electron chi connectivity index (χ1n) is 8.28. The Labute approximate surface area is 155 Å². The standard InChI is InChI=1S/C18H13F4N5O/c19-10-2-3-12-11(7-10)15-13(5-6-23-17(28)16(15)25-12)26-27-14-4-1-9(8-24-14)18(20,21)22/h1-4,7-8,25H,5-6H2,(H,23,28)(H,24,27)/b26-13-. The molecular weight excluding hydrogens is 378 g/mol. The average molecular weight is 391 g/mol. The minimum absolute atomic E-state index is 0.108. The van der Waals surface area contributed by atoms with Crippen molar-refractivity contribution in [1.29, 1.82) is 0 Å². The van der Waals surface area contributed by atoms with Crippen molar-refractivity contribution < 1.29 is 22.4 Å². The number of halogens is 4. The van der Waals surface area contributed by atoms with Crippen LogP contribution < -0.4 is 10.7 Å². The van der Waals surface area contributed by atoms with Crippen LogP contribution in [0.4, 0.5) is 23.4 Å². The first kappa shape index (κ1) is 18.0. The Morgan fingerprint density at radius 1 is 1.18 bits per heavy atom. The summed E-state index contributed by atoms with van der Waals surface area (Å²) in [7, 11) is 0. The summed E-state index contributed by atoms with van der Waals surface area (Å²) in [6.07, 6.45) is -3.43. The molecule has 3 heterocycles. The Morgan fingerprint density at radius 2 is 2.00 bits per heavy atom. The van der Waals surface area contributed by atoms with E-state index in [1.807, 2.05) is 0 Å². The number of pyridine rings is 1. The van der Waals surface area contributed by atoms with Crippen molar-refractivity contribution in [1.82, 2.24) is 15.3 Å². The number of amides is 1. The van der Waals surface area contributed by atoms with Crippen molar-refractivity contribution in [2.24, 2.45) is 5.10 Å². The van der Waals surface area contributed by atoms with Crippen molar-refractivity contribution in [2.75, 3.05) is 12.0 Å². The van der Waals surface area contributed by atoms with Crippen LogP contribution in [0.3, 0.4) is 0 Å². The molecule has 3 aromatic rings. The van der Waals surface area contributed by atoms with Crippen LogP contribution in [0.25, 0.3) is 10.9 Å². The maximum atomic E-state index is 13.7. The second-order valence-corrected chi connectivity index (χ2v) is 6.17. The summed E-state index contributed by atoms with van der Waals surface area (Å²) in [6, 6.07) is 6.14. The molecule has 0 unspecified atom stereocenters. The Kier molecular flexibility index (Phi) is 4.25. The molecule has 144 valence electrons. The van der Waals surface area contributed by atoms with Crippen LogP contribution in [0.5, 0.6) is 0 Å². The highest BCUT2D eigenvalue weighted by Gasteiger charge is 2.30. The fraction of sp³-hybridized carbons (Fsp3) is 0.167. The maximum Gasteiger partial charge on any atom is 0.417 e. The molecule has 0 spiro atoms. The number of nitrogens with zero attached hydrogens (tertiary/aromatic N) is 2. The molecule has 1 aliphatic rings. The number of hydrogen-bond donors (Lipinski definition) is 3. The van der Waals surface area contributed by atoms with Crippen LogP contribution in [0.2, 0.25) is 0 Å². The van der Waals surface area contributed by atoms with Gasteiger partial charge in [-0.2, -0.15) is 18.3 Å². The molecule has 4 rings (SSSR count). The van der Waals surface area contributed by atoms with E-state index < -0.39 is 17.6 Å². The average Bonchev–Trinajstić information content (AvgIpc) is 2.95. The van der Waals surface area contributed by atoms with Crippen LogP contribution in [0, 0.1) is 5.82 Å². The predicted octanol–water partition coefficient (Wildman–Crippen LogP) is 3.67. The molecule has 0 saturated carbocycles. The van der Waals surface area contributed by atoms with Gasteiger partial charge in [-0.15, -0.1) is 0 Å². The molecule has 6 nitrogen and oxygen atoms in total. The number of hydrogen-bond acceptors (Lipinski definition) is 4. The summed E-state index contributed by atoms with van der Waals surface area (Å²) in [5, 5.41) is 7.43. The van der Waals surface area contributed by atoms with E-state index in [1.54, 1.807) is 0 Å². The number of carbonyl (C=O) groups is 1. The van der Waals surface area contributed by atoms with Crippen molar-refractivity contribution in [3.63, 3.8) is 0 Å². The lowest BCUT2D eigenvalue weighted by Crippen LogP contribution is -2.23. The van der Waals surface area contributed by atoms with Gasteiger partial charge in [-0.05, 0) is 30.3 Å². The van der Waals surface area contributed by atoms with E-state index in [4.69, 9.17) is 0 Å². The van der Waals surface area contributed by atoms with Gasteiger partial charge in [0.1, 0.15) is 17.3 Å². The fourth-order valence-electron chi connectivity index (χ4n) is 3.01. The van der Waals surface area contributed by atoms with Gasteiger partial charge in [-0.1, -0.05) is 0 Å². The zero-order valence-electron chi connectivity index (χ0n) is 14.2. The maximum absolute atomic E-state index is 13.7. The molecule has 0 fully saturated rings. The largest absolute Gasteiger partial charge is 0.417 e. The van der Waals surface area contributed by atoms with E-state index in [9.17, 15) is 22.4 Å². The molecule has 0 saturated heterocycles. The Bertz CT molecular complexity index is 1090. The number of alkyl halides is 3. The van der Waals surface area contributed by atoms with Crippen molar-refractivity contribution in [3.8, 4) is 0 Å². The third kappa shape index (κ3) is 3.28. The quantitative estimate of drug-likeness (QED) is 0.461. The van der Waals surface area contributed by atoms with E-state index in [1.165, 1.54) is 18.2 Å². The van der Waals surface area contributed by atoms with E-state index >= 15 is 0 Å². The zero-order chi connectivity index (χ0) is 19.9. The van der Waals surface area contributed by atoms with E-state index in [0.29, 0.717) is 41.3 Å². The summed E-state index contributed by atoms with van der Waals surface area (Å²) >= 11 is 0. The molecule has 0 atom stereocenters. The van der Waals surface area contributed by atoms with E-state index in [0.717, 1.165) is 12.1 Å². The van der Waals surface area contributed by atoms with Crippen molar-refractivity contribution in [3.05, 3.63) is 59.2 Å².